The number of carbonyl (C=O) groups excluding carboxylic acids is 1. The van der Waals surface area contributed by atoms with Crippen LogP contribution in [0.2, 0.25) is 0 Å². The molecule has 2 aromatic heterocycles. The van der Waals surface area contributed by atoms with Crippen molar-refractivity contribution in [3.8, 4) is 23.1 Å². The third-order valence-electron chi connectivity index (χ3n) is 5.52. The molecular weight excluding hydrogens is 446 g/mol. The van der Waals surface area contributed by atoms with Crippen LogP contribution in [-0.4, -0.2) is 39.7 Å². The van der Waals surface area contributed by atoms with Gasteiger partial charge in [0.15, 0.2) is 0 Å². The number of amides is 1. The second-order valence-corrected chi connectivity index (χ2v) is 7.72. The largest absolute Gasteiger partial charge is 0.497 e. The zero-order valence-electron chi connectivity index (χ0n) is 19.5. The van der Waals surface area contributed by atoms with Crippen molar-refractivity contribution < 1.29 is 19.0 Å². The fraction of sp³-hybridized carbons (Fsp3) is 0.154. The average molecular weight is 470 g/mol. The van der Waals surface area contributed by atoms with Gasteiger partial charge in [-0.3, -0.25) is 9.20 Å². The lowest BCUT2D eigenvalue weighted by Gasteiger charge is -2.11. The van der Waals surface area contributed by atoms with E-state index in [1.807, 2.05) is 35.6 Å². The van der Waals surface area contributed by atoms with Gasteiger partial charge < -0.3 is 19.5 Å². The minimum Gasteiger partial charge on any atom is -0.497 e. The van der Waals surface area contributed by atoms with E-state index in [4.69, 9.17) is 14.2 Å². The Bertz CT molecular complexity index is 1510. The second-order valence-electron chi connectivity index (χ2n) is 7.72. The smallest absolute Gasteiger partial charge is 0.266 e. The van der Waals surface area contributed by atoms with E-state index in [1.165, 1.54) is 14.2 Å². The highest BCUT2D eigenvalue weighted by Crippen LogP contribution is 2.29. The van der Waals surface area contributed by atoms with E-state index >= 15 is 0 Å². The van der Waals surface area contributed by atoms with Gasteiger partial charge in [0, 0.05) is 23.7 Å². The van der Waals surface area contributed by atoms with Crippen molar-refractivity contribution in [2.75, 3.05) is 19.5 Å². The summed E-state index contributed by atoms with van der Waals surface area (Å²) in [5.74, 6) is 2.52. The Morgan fingerprint density at radius 2 is 1.63 bits per heavy atom. The summed E-state index contributed by atoms with van der Waals surface area (Å²) < 4.78 is 18.5. The lowest BCUT2D eigenvalue weighted by Crippen LogP contribution is -2.12. The van der Waals surface area contributed by atoms with Crippen LogP contribution in [0.15, 0.2) is 66.7 Å². The predicted molar refractivity (Wildman–Crippen MR) is 132 cm³/mol. The number of hydrogen-bond acceptors (Lipinski definition) is 7. The number of nitrogens with zero attached hydrogens (tertiary/aromatic N) is 4. The van der Waals surface area contributed by atoms with Gasteiger partial charge in [-0.15, -0.1) is 10.2 Å². The Balaban J connectivity index is 1.39. The number of rotatable bonds is 7. The van der Waals surface area contributed by atoms with E-state index < -0.39 is 0 Å². The van der Waals surface area contributed by atoms with Crippen molar-refractivity contribution in [2.45, 2.75) is 13.3 Å². The van der Waals surface area contributed by atoms with Crippen LogP contribution >= 0.6 is 0 Å². The Labute approximate surface area is 201 Å². The Hall–Kier alpha value is -4.66. The molecule has 0 aliphatic carbocycles. The lowest BCUT2D eigenvalue weighted by atomic mass is 10.1. The first-order chi connectivity index (χ1) is 17.1. The molecule has 9 heteroatoms. The zero-order valence-corrected chi connectivity index (χ0v) is 19.5. The summed E-state index contributed by atoms with van der Waals surface area (Å²) in [7, 11) is 3.08. The van der Waals surface area contributed by atoms with Crippen LogP contribution in [0.1, 0.15) is 23.1 Å². The van der Waals surface area contributed by atoms with Gasteiger partial charge in [-0.25, -0.2) is 4.98 Å². The van der Waals surface area contributed by atoms with Crippen molar-refractivity contribution in [3.05, 3.63) is 78.1 Å². The second kappa shape index (κ2) is 9.30. The number of fused-ring (bicyclic) bond motifs is 3. The number of nitrogens with one attached hydrogen (secondary N) is 1. The van der Waals surface area contributed by atoms with Crippen molar-refractivity contribution >= 4 is 28.3 Å². The van der Waals surface area contributed by atoms with Crippen LogP contribution in [-0.2, 0) is 6.42 Å². The van der Waals surface area contributed by atoms with Crippen molar-refractivity contribution in [1.29, 1.82) is 0 Å². The highest BCUT2D eigenvalue weighted by atomic mass is 16.5. The summed E-state index contributed by atoms with van der Waals surface area (Å²) in [6, 6.07) is 19.8. The minimum absolute atomic E-state index is 0.288. The van der Waals surface area contributed by atoms with Crippen LogP contribution < -0.4 is 19.5 Å². The number of aryl methyl sites for hydroxylation is 1. The summed E-state index contributed by atoms with van der Waals surface area (Å²) >= 11 is 0. The van der Waals surface area contributed by atoms with Crippen LogP contribution in [0.25, 0.3) is 16.7 Å². The monoisotopic (exact) mass is 469 g/mol. The third-order valence-corrected chi connectivity index (χ3v) is 5.52. The molecule has 0 atom stereocenters. The first-order valence-corrected chi connectivity index (χ1v) is 11.0. The summed E-state index contributed by atoms with van der Waals surface area (Å²) in [4.78, 5) is 17.4. The van der Waals surface area contributed by atoms with E-state index in [0.29, 0.717) is 40.0 Å². The lowest BCUT2D eigenvalue weighted by molar-refractivity contribution is 0.102. The summed E-state index contributed by atoms with van der Waals surface area (Å²) in [5.41, 5.74) is 3.27. The maximum absolute atomic E-state index is 12.7. The first-order valence-electron chi connectivity index (χ1n) is 11.0. The highest BCUT2D eigenvalue weighted by molar-refractivity contribution is 6.04. The van der Waals surface area contributed by atoms with Gasteiger partial charge in [-0.2, -0.15) is 0 Å². The van der Waals surface area contributed by atoms with Gasteiger partial charge in [0.25, 0.3) is 11.8 Å². The van der Waals surface area contributed by atoms with E-state index in [9.17, 15) is 4.79 Å². The van der Waals surface area contributed by atoms with Crippen molar-refractivity contribution in [3.63, 3.8) is 0 Å². The van der Waals surface area contributed by atoms with Gasteiger partial charge in [-0.1, -0.05) is 19.1 Å². The molecule has 176 valence electrons. The normalized spacial score (nSPS) is 10.9. The van der Waals surface area contributed by atoms with Crippen LogP contribution in [0.5, 0.6) is 23.1 Å². The van der Waals surface area contributed by atoms with Crippen LogP contribution in [0.4, 0.5) is 5.69 Å². The number of ether oxygens (including phenoxy) is 3. The molecular formula is C26H23N5O4. The molecule has 5 rings (SSSR count). The molecule has 0 radical (unpaired) electrons. The number of hydrogen-bond donors (Lipinski definition) is 1. The van der Waals surface area contributed by atoms with Crippen molar-refractivity contribution in [1.82, 2.24) is 19.6 Å². The van der Waals surface area contributed by atoms with Gasteiger partial charge in [-0.05, 0) is 48.5 Å². The quantitative estimate of drug-likeness (QED) is 0.362. The molecule has 1 N–H and O–H groups in total. The van der Waals surface area contributed by atoms with Crippen LogP contribution in [0, 0.1) is 0 Å². The molecule has 0 spiro atoms. The molecule has 0 unspecified atom stereocenters. The molecule has 0 aliphatic heterocycles. The number of aromatic nitrogens is 4. The topological polar surface area (TPSA) is 99.9 Å². The van der Waals surface area contributed by atoms with Gasteiger partial charge >= 0.3 is 0 Å². The fourth-order valence-electron chi connectivity index (χ4n) is 3.77. The molecule has 1 amide bonds. The molecule has 0 saturated heterocycles. The molecule has 5 aromatic rings. The molecule has 0 saturated carbocycles. The standard InChI is InChI=1S/C26H23N5O4/c1-4-23-29-30-24-26(28-21-7-5-6-8-22(21)31(23)24)35-18-11-9-17(10-12-18)27-25(32)16-13-19(33-2)15-20(14-16)34-3/h5-15H,4H2,1-3H3,(H,27,32). The third kappa shape index (κ3) is 4.31. The van der Waals surface area contributed by atoms with Gasteiger partial charge in [0.1, 0.15) is 23.1 Å². The van der Waals surface area contributed by atoms with E-state index in [0.717, 1.165) is 23.3 Å². The molecule has 3 aromatic carbocycles. The average Bonchev–Trinajstić information content (AvgIpc) is 3.34. The number of methoxy groups -OCH3 is 2. The molecule has 0 fully saturated rings. The summed E-state index contributed by atoms with van der Waals surface area (Å²) in [6.45, 7) is 2.03. The number of benzene rings is 3. The number of para-hydroxylation sites is 2. The summed E-state index contributed by atoms with van der Waals surface area (Å²) in [6.07, 6.45) is 0.724. The maximum atomic E-state index is 12.7. The van der Waals surface area contributed by atoms with E-state index in [1.54, 1.807) is 42.5 Å². The number of anilines is 1. The Kier molecular flexibility index (Phi) is 5.88. The SMILES string of the molecule is CCc1nnc2c(Oc3ccc(NC(=O)c4cc(OC)cc(OC)c4)cc3)nc3ccccc3n12. The Morgan fingerprint density at radius 1 is 0.914 bits per heavy atom. The van der Waals surface area contributed by atoms with Crippen molar-refractivity contribution in [2.24, 2.45) is 0 Å². The first kappa shape index (κ1) is 22.1. The molecule has 0 aliphatic rings. The van der Waals surface area contributed by atoms with Gasteiger partial charge in [0.2, 0.25) is 5.65 Å². The predicted octanol–water partition coefficient (Wildman–Crippen LogP) is 4.90. The van der Waals surface area contributed by atoms with Crippen LogP contribution in [0.3, 0.4) is 0 Å². The zero-order chi connectivity index (χ0) is 24.4. The van der Waals surface area contributed by atoms with E-state index in [-0.39, 0.29) is 5.91 Å². The fourth-order valence-corrected chi connectivity index (χ4v) is 3.77. The molecule has 35 heavy (non-hydrogen) atoms. The maximum Gasteiger partial charge on any atom is 0.266 e. The molecule has 2 heterocycles. The number of carbonyl (C=O) groups is 1. The van der Waals surface area contributed by atoms with E-state index in [2.05, 4.69) is 20.5 Å². The Morgan fingerprint density at radius 3 is 2.31 bits per heavy atom. The van der Waals surface area contributed by atoms with Gasteiger partial charge in [0.05, 0.1) is 25.3 Å². The minimum atomic E-state index is -0.288. The summed E-state index contributed by atoms with van der Waals surface area (Å²) in [5, 5.41) is 11.5. The highest BCUT2D eigenvalue weighted by Gasteiger charge is 2.16. The molecule has 0 bridgehead atoms. The molecule has 9 nitrogen and oxygen atoms in total.